The minimum absolute atomic E-state index is 0.0174. The second-order valence-corrected chi connectivity index (χ2v) is 6.26. The molecule has 1 N–H and O–H groups in total. The molecule has 0 bridgehead atoms. The quantitative estimate of drug-likeness (QED) is 0.769. The van der Waals surface area contributed by atoms with Crippen LogP contribution in [0.1, 0.15) is 29.8 Å². The molecule has 1 heterocycles. The highest BCUT2D eigenvalue weighted by Crippen LogP contribution is 2.35. The molecule has 0 radical (unpaired) electrons. The van der Waals surface area contributed by atoms with E-state index >= 15 is 0 Å². The number of ether oxygens (including phenoxy) is 1. The number of aromatic nitrogens is 2. The van der Waals surface area contributed by atoms with E-state index in [-0.39, 0.29) is 17.7 Å². The number of alkyl halides is 6. The number of carbonyl (C=O) groups is 1. The molecule has 2 aromatic rings. The van der Waals surface area contributed by atoms with Crippen LogP contribution in [0.3, 0.4) is 0 Å². The number of anilines is 1. The second-order valence-electron chi connectivity index (χ2n) is 6.26. The van der Waals surface area contributed by atoms with E-state index in [1.807, 2.05) is 0 Å². The van der Waals surface area contributed by atoms with Crippen LogP contribution in [0.15, 0.2) is 24.3 Å². The minimum atomic E-state index is -4.88. The lowest BCUT2D eigenvalue weighted by molar-refractivity contribution is -0.274. The molecule has 0 spiro atoms. The van der Waals surface area contributed by atoms with Crippen molar-refractivity contribution in [3.63, 3.8) is 0 Å². The van der Waals surface area contributed by atoms with Gasteiger partial charge in [-0.2, -0.15) is 18.3 Å². The molecule has 152 valence electrons. The topological polar surface area (TPSA) is 56.2 Å². The molecule has 1 aliphatic carbocycles. The average molecular weight is 407 g/mol. The number of nitrogens with zero attached hydrogens (tertiary/aromatic N) is 2. The van der Waals surface area contributed by atoms with Crippen molar-refractivity contribution in [2.45, 2.75) is 44.8 Å². The third kappa shape index (κ3) is 4.76. The Morgan fingerprint density at radius 2 is 1.86 bits per heavy atom. The zero-order valence-corrected chi connectivity index (χ0v) is 14.3. The Morgan fingerprint density at radius 3 is 2.54 bits per heavy atom. The first-order chi connectivity index (χ1) is 13.0. The first-order valence-electron chi connectivity index (χ1n) is 8.34. The van der Waals surface area contributed by atoms with E-state index < -0.39 is 36.4 Å². The van der Waals surface area contributed by atoms with E-state index in [1.165, 1.54) is 12.1 Å². The van der Waals surface area contributed by atoms with Gasteiger partial charge >= 0.3 is 12.5 Å². The fraction of sp³-hybridized carbons (Fsp3) is 0.412. The summed E-state index contributed by atoms with van der Waals surface area (Å²) in [5, 5.41) is 5.91. The van der Waals surface area contributed by atoms with Crippen molar-refractivity contribution in [1.82, 2.24) is 9.78 Å². The standard InChI is InChI=1S/C17H15F6N3O2/c18-16(19,20)15-12-6-1-2-7-13(12)26(25-15)9-14(27)24-10-4-3-5-11(8-10)28-17(21,22)23/h3-5,8H,1-2,6-7,9H2,(H,24,27). The van der Waals surface area contributed by atoms with Crippen molar-refractivity contribution in [3.8, 4) is 5.75 Å². The fourth-order valence-electron chi connectivity index (χ4n) is 3.14. The molecule has 11 heteroatoms. The van der Waals surface area contributed by atoms with Crippen LogP contribution in [-0.2, 0) is 30.4 Å². The van der Waals surface area contributed by atoms with Crippen molar-refractivity contribution in [3.05, 3.63) is 41.2 Å². The maximum Gasteiger partial charge on any atom is 0.573 e. The predicted octanol–water partition coefficient (Wildman–Crippen LogP) is 4.32. The molecule has 3 rings (SSSR count). The molecule has 5 nitrogen and oxygen atoms in total. The van der Waals surface area contributed by atoms with Crippen LogP contribution in [0.25, 0.3) is 0 Å². The van der Waals surface area contributed by atoms with Crippen molar-refractivity contribution in [1.29, 1.82) is 0 Å². The number of hydrogen-bond acceptors (Lipinski definition) is 3. The third-order valence-corrected chi connectivity index (χ3v) is 4.17. The number of fused-ring (bicyclic) bond motifs is 1. The van der Waals surface area contributed by atoms with Crippen LogP contribution in [0, 0.1) is 0 Å². The maximum atomic E-state index is 13.2. The van der Waals surface area contributed by atoms with Crippen LogP contribution in [0.5, 0.6) is 5.75 Å². The fourth-order valence-corrected chi connectivity index (χ4v) is 3.14. The molecule has 1 aromatic carbocycles. The Hall–Kier alpha value is -2.72. The molecule has 28 heavy (non-hydrogen) atoms. The molecule has 1 aromatic heterocycles. The summed E-state index contributed by atoms with van der Waals surface area (Å²) in [4.78, 5) is 12.2. The van der Waals surface area contributed by atoms with Crippen molar-refractivity contribution in [2.75, 3.05) is 5.32 Å². The maximum absolute atomic E-state index is 13.2. The lowest BCUT2D eigenvalue weighted by atomic mass is 9.95. The van der Waals surface area contributed by atoms with Crippen molar-refractivity contribution >= 4 is 11.6 Å². The predicted molar refractivity (Wildman–Crippen MR) is 85.6 cm³/mol. The van der Waals surface area contributed by atoms with Gasteiger partial charge in [-0.15, -0.1) is 13.2 Å². The Balaban J connectivity index is 1.76. The summed E-state index contributed by atoms with van der Waals surface area (Å²) in [7, 11) is 0. The molecule has 0 fully saturated rings. The highest BCUT2D eigenvalue weighted by atomic mass is 19.4. The van der Waals surface area contributed by atoms with Gasteiger partial charge in [0.25, 0.3) is 0 Å². The van der Waals surface area contributed by atoms with E-state index in [1.54, 1.807) is 0 Å². The van der Waals surface area contributed by atoms with Crippen LogP contribution < -0.4 is 10.1 Å². The summed E-state index contributed by atoms with van der Waals surface area (Å²) in [6.45, 7) is -0.483. The second kappa shape index (κ2) is 7.36. The van der Waals surface area contributed by atoms with Crippen LogP contribution in [0.2, 0.25) is 0 Å². The van der Waals surface area contributed by atoms with Gasteiger partial charge in [0.1, 0.15) is 12.3 Å². The van der Waals surface area contributed by atoms with Gasteiger partial charge in [-0.3, -0.25) is 9.48 Å². The lowest BCUT2D eigenvalue weighted by Crippen LogP contribution is -2.22. The molecule has 0 saturated carbocycles. The van der Waals surface area contributed by atoms with E-state index in [2.05, 4.69) is 15.2 Å². The number of amides is 1. The Bertz CT molecular complexity index is 873. The summed E-state index contributed by atoms with van der Waals surface area (Å²) in [6.07, 6.45) is -7.59. The highest BCUT2D eigenvalue weighted by molar-refractivity contribution is 5.90. The van der Waals surface area contributed by atoms with Crippen LogP contribution >= 0.6 is 0 Å². The van der Waals surface area contributed by atoms with E-state index in [4.69, 9.17) is 0 Å². The van der Waals surface area contributed by atoms with E-state index in [9.17, 15) is 31.1 Å². The number of hydrogen-bond donors (Lipinski definition) is 1. The number of halogens is 6. The molecule has 1 amide bonds. The summed E-state index contributed by atoms with van der Waals surface area (Å²) in [5.41, 5.74) is -0.505. The number of rotatable bonds is 4. The van der Waals surface area contributed by atoms with Gasteiger partial charge in [0, 0.05) is 23.0 Å². The number of benzene rings is 1. The van der Waals surface area contributed by atoms with Gasteiger partial charge in [-0.1, -0.05) is 6.07 Å². The molecule has 0 aliphatic heterocycles. The highest BCUT2D eigenvalue weighted by Gasteiger charge is 2.39. The normalized spacial score (nSPS) is 14.5. The molecular formula is C17H15F6N3O2. The first kappa shape index (κ1) is 20.0. The largest absolute Gasteiger partial charge is 0.573 e. The van der Waals surface area contributed by atoms with Crippen molar-refractivity contribution in [2.24, 2.45) is 0 Å². The van der Waals surface area contributed by atoms with Gasteiger partial charge in [0.2, 0.25) is 5.91 Å². The third-order valence-electron chi connectivity index (χ3n) is 4.17. The van der Waals surface area contributed by atoms with Crippen molar-refractivity contribution < 1.29 is 35.9 Å². The summed E-state index contributed by atoms with van der Waals surface area (Å²) in [5.74, 6) is -1.24. The lowest BCUT2D eigenvalue weighted by Gasteiger charge is -2.15. The molecule has 0 atom stereocenters. The summed E-state index contributed by atoms with van der Waals surface area (Å²) in [6, 6.07) is 4.60. The number of carbonyl (C=O) groups excluding carboxylic acids is 1. The van der Waals surface area contributed by atoms with Gasteiger partial charge in [0.15, 0.2) is 5.69 Å². The Labute approximate surface area is 155 Å². The zero-order chi connectivity index (χ0) is 20.5. The monoisotopic (exact) mass is 407 g/mol. The Kier molecular flexibility index (Phi) is 5.26. The molecular weight excluding hydrogens is 392 g/mol. The van der Waals surface area contributed by atoms with E-state index in [0.29, 0.717) is 25.0 Å². The van der Waals surface area contributed by atoms with Gasteiger partial charge in [-0.25, -0.2) is 0 Å². The average Bonchev–Trinajstić information content (AvgIpc) is 2.92. The van der Waals surface area contributed by atoms with Crippen LogP contribution in [-0.4, -0.2) is 22.1 Å². The molecule has 0 saturated heterocycles. The summed E-state index contributed by atoms with van der Waals surface area (Å²) < 4.78 is 81.1. The van der Waals surface area contributed by atoms with Crippen LogP contribution in [0.4, 0.5) is 32.0 Å². The Morgan fingerprint density at radius 1 is 1.14 bits per heavy atom. The number of nitrogens with one attached hydrogen (secondary N) is 1. The molecule has 1 aliphatic rings. The van der Waals surface area contributed by atoms with Gasteiger partial charge in [-0.05, 0) is 37.8 Å². The minimum Gasteiger partial charge on any atom is -0.406 e. The zero-order valence-electron chi connectivity index (χ0n) is 14.3. The first-order valence-corrected chi connectivity index (χ1v) is 8.34. The van der Waals surface area contributed by atoms with E-state index in [0.717, 1.165) is 16.8 Å². The smallest absolute Gasteiger partial charge is 0.406 e. The van der Waals surface area contributed by atoms with Gasteiger partial charge in [0.05, 0.1) is 0 Å². The SMILES string of the molecule is O=C(Cn1nc(C(F)(F)F)c2c1CCCC2)Nc1cccc(OC(F)(F)F)c1. The van der Waals surface area contributed by atoms with Gasteiger partial charge < -0.3 is 10.1 Å². The summed E-state index contributed by atoms with van der Waals surface area (Å²) >= 11 is 0. The molecule has 0 unspecified atom stereocenters.